The Morgan fingerprint density at radius 1 is 1.10 bits per heavy atom. The molecule has 0 fully saturated rings. The van der Waals surface area contributed by atoms with Gasteiger partial charge >= 0.3 is 0 Å². The Kier molecular flexibility index (Phi) is 2.38. The third-order valence-corrected chi connectivity index (χ3v) is 3.23. The van der Waals surface area contributed by atoms with Crippen LogP contribution in [0.1, 0.15) is 5.56 Å². The Bertz CT molecular complexity index is 974. The van der Waals surface area contributed by atoms with Gasteiger partial charge in [-0.1, -0.05) is 18.2 Å². The lowest BCUT2D eigenvalue weighted by Crippen LogP contribution is -1.93. The largest absolute Gasteiger partial charge is 0.325 e. The number of hydrogen-bond donors (Lipinski definition) is 2. The van der Waals surface area contributed by atoms with Crippen molar-refractivity contribution in [1.82, 2.24) is 19.6 Å². The molecule has 100 valence electrons. The number of imidazole rings is 1. The van der Waals surface area contributed by atoms with Crippen LogP contribution < -0.4 is 5.32 Å². The molecule has 4 aromatic rings. The van der Waals surface area contributed by atoms with E-state index in [-0.39, 0.29) is 0 Å². The lowest BCUT2D eigenvalue weighted by Gasteiger charge is -2.00. The van der Waals surface area contributed by atoms with Crippen molar-refractivity contribution in [2.24, 2.45) is 0 Å². The van der Waals surface area contributed by atoms with Crippen molar-refractivity contribution in [3.8, 4) is 6.07 Å². The van der Waals surface area contributed by atoms with E-state index in [0.29, 0.717) is 17.3 Å². The Balaban J connectivity index is 1.79. The van der Waals surface area contributed by atoms with Gasteiger partial charge in [-0.15, -0.1) is 0 Å². The molecule has 0 aliphatic heterocycles. The van der Waals surface area contributed by atoms with E-state index in [1.165, 1.54) is 0 Å². The molecule has 0 aliphatic rings. The molecule has 0 bridgehead atoms. The van der Waals surface area contributed by atoms with E-state index >= 15 is 0 Å². The molecular weight excluding hydrogens is 264 g/mol. The predicted molar refractivity (Wildman–Crippen MR) is 79.3 cm³/mol. The maximum atomic E-state index is 8.91. The Labute approximate surface area is 119 Å². The van der Waals surface area contributed by atoms with Gasteiger partial charge in [0.1, 0.15) is 0 Å². The van der Waals surface area contributed by atoms with E-state index in [0.717, 1.165) is 16.7 Å². The fourth-order valence-corrected chi connectivity index (χ4v) is 2.27. The second kappa shape index (κ2) is 4.35. The van der Waals surface area contributed by atoms with Gasteiger partial charge < -0.3 is 5.32 Å². The molecule has 21 heavy (non-hydrogen) atoms. The second-order valence-electron chi connectivity index (χ2n) is 4.63. The topological polar surface area (TPSA) is 81.8 Å². The molecule has 0 amide bonds. The molecule has 0 aliphatic carbocycles. The van der Waals surface area contributed by atoms with Gasteiger partial charge in [0.15, 0.2) is 0 Å². The van der Waals surface area contributed by atoms with Crippen molar-refractivity contribution in [2.75, 3.05) is 5.32 Å². The van der Waals surface area contributed by atoms with E-state index in [2.05, 4.69) is 26.5 Å². The van der Waals surface area contributed by atoms with Crippen LogP contribution >= 0.6 is 0 Å². The first-order valence-electron chi connectivity index (χ1n) is 6.44. The zero-order valence-electron chi connectivity index (χ0n) is 10.9. The molecule has 2 aromatic carbocycles. The molecule has 0 radical (unpaired) electrons. The normalized spacial score (nSPS) is 10.8. The maximum Gasteiger partial charge on any atom is 0.253 e. The Morgan fingerprint density at radius 2 is 1.95 bits per heavy atom. The Hall–Kier alpha value is -3.33. The minimum atomic E-state index is 0.568. The smallest absolute Gasteiger partial charge is 0.253 e. The highest BCUT2D eigenvalue weighted by Crippen LogP contribution is 2.19. The molecule has 0 saturated carbocycles. The van der Waals surface area contributed by atoms with Crippen molar-refractivity contribution >= 4 is 28.4 Å². The number of nitriles is 1. The molecule has 0 saturated heterocycles. The number of hydrogen-bond acceptors (Lipinski definition) is 4. The molecule has 2 heterocycles. The summed E-state index contributed by atoms with van der Waals surface area (Å²) in [5, 5.41) is 15.3. The summed E-state index contributed by atoms with van der Waals surface area (Å²) in [6, 6.07) is 17.3. The summed E-state index contributed by atoms with van der Waals surface area (Å²) in [4.78, 5) is 8.82. The highest BCUT2D eigenvalue weighted by Gasteiger charge is 2.10. The van der Waals surface area contributed by atoms with Crippen LogP contribution in [0, 0.1) is 11.3 Å². The molecule has 2 N–H and O–H groups in total. The van der Waals surface area contributed by atoms with Crippen molar-refractivity contribution in [1.29, 1.82) is 5.26 Å². The number of benzene rings is 2. The highest BCUT2D eigenvalue weighted by molar-refractivity contribution is 5.80. The van der Waals surface area contributed by atoms with Crippen LogP contribution in [0.3, 0.4) is 0 Å². The summed E-state index contributed by atoms with van der Waals surface area (Å²) in [5.41, 5.74) is 3.17. The maximum absolute atomic E-state index is 8.91. The average Bonchev–Trinajstić information content (AvgIpc) is 3.04. The van der Waals surface area contributed by atoms with Gasteiger partial charge in [-0.3, -0.25) is 5.10 Å². The third-order valence-electron chi connectivity index (χ3n) is 3.23. The standard InChI is InChI=1S/C15H10N6/c16-9-10-6-7-13-12(8-10)18-15-19-14(20-21(13)15)17-11-4-2-1-3-5-11/h1-8H,(H2,17,18,19,20). The van der Waals surface area contributed by atoms with Crippen LogP contribution in [0.15, 0.2) is 48.5 Å². The molecule has 0 atom stereocenters. The van der Waals surface area contributed by atoms with Crippen LogP contribution in [0.5, 0.6) is 0 Å². The predicted octanol–water partition coefficient (Wildman–Crippen LogP) is 2.83. The van der Waals surface area contributed by atoms with Gasteiger partial charge in [0.2, 0.25) is 5.95 Å². The minimum Gasteiger partial charge on any atom is -0.325 e. The number of nitrogens with one attached hydrogen (secondary N) is 2. The van der Waals surface area contributed by atoms with Crippen molar-refractivity contribution in [3.63, 3.8) is 0 Å². The fraction of sp³-hybridized carbons (Fsp3) is 0. The van der Waals surface area contributed by atoms with E-state index < -0.39 is 0 Å². The number of fused-ring (bicyclic) bond motifs is 3. The highest BCUT2D eigenvalue weighted by atomic mass is 15.4. The monoisotopic (exact) mass is 274 g/mol. The number of nitrogens with zero attached hydrogens (tertiary/aromatic N) is 4. The zero-order valence-corrected chi connectivity index (χ0v) is 10.9. The lowest BCUT2D eigenvalue weighted by atomic mass is 10.2. The van der Waals surface area contributed by atoms with Crippen LogP contribution in [0.2, 0.25) is 0 Å². The fourth-order valence-electron chi connectivity index (χ4n) is 2.27. The Morgan fingerprint density at radius 3 is 2.76 bits per heavy atom. The summed E-state index contributed by atoms with van der Waals surface area (Å²) in [5.74, 6) is 1.19. The minimum absolute atomic E-state index is 0.568. The van der Waals surface area contributed by atoms with Crippen LogP contribution in [0.4, 0.5) is 11.6 Å². The lowest BCUT2D eigenvalue weighted by molar-refractivity contribution is 1.01. The number of aromatic amines is 1. The van der Waals surface area contributed by atoms with Crippen molar-refractivity contribution < 1.29 is 0 Å². The molecule has 6 nitrogen and oxygen atoms in total. The SMILES string of the molecule is N#Cc1ccc2c(c1)nc1nc(Nc3ccccc3)[nH]n12. The second-order valence-corrected chi connectivity index (χ2v) is 4.63. The molecule has 0 spiro atoms. The number of H-pyrrole nitrogens is 1. The summed E-state index contributed by atoms with van der Waals surface area (Å²) in [6.07, 6.45) is 0. The molecule has 0 unspecified atom stereocenters. The molecular formula is C15H10N6. The van der Waals surface area contributed by atoms with Gasteiger partial charge in [0, 0.05) is 5.69 Å². The van der Waals surface area contributed by atoms with Crippen LogP contribution in [-0.4, -0.2) is 19.6 Å². The number of rotatable bonds is 2. The summed E-state index contributed by atoms with van der Waals surface area (Å²) in [7, 11) is 0. The van der Waals surface area contributed by atoms with Gasteiger partial charge in [-0.05, 0) is 30.3 Å². The molecule has 2 aromatic heterocycles. The van der Waals surface area contributed by atoms with Crippen LogP contribution in [0.25, 0.3) is 16.8 Å². The van der Waals surface area contributed by atoms with E-state index in [1.54, 1.807) is 16.6 Å². The first-order chi connectivity index (χ1) is 10.3. The van der Waals surface area contributed by atoms with Gasteiger partial charge in [0.25, 0.3) is 5.78 Å². The zero-order chi connectivity index (χ0) is 14.2. The quantitative estimate of drug-likeness (QED) is 0.589. The number of para-hydroxylation sites is 1. The van der Waals surface area contributed by atoms with Gasteiger partial charge in [-0.2, -0.15) is 10.2 Å². The average molecular weight is 274 g/mol. The molecule has 4 rings (SSSR count). The molecule has 6 heteroatoms. The van der Waals surface area contributed by atoms with E-state index in [9.17, 15) is 0 Å². The van der Waals surface area contributed by atoms with Gasteiger partial charge in [-0.25, -0.2) is 9.50 Å². The summed E-state index contributed by atoms with van der Waals surface area (Å²) >= 11 is 0. The summed E-state index contributed by atoms with van der Waals surface area (Å²) in [6.45, 7) is 0. The van der Waals surface area contributed by atoms with Crippen LogP contribution in [-0.2, 0) is 0 Å². The summed E-state index contributed by atoms with van der Waals surface area (Å²) < 4.78 is 1.79. The third kappa shape index (κ3) is 1.88. The first-order valence-corrected chi connectivity index (χ1v) is 6.44. The number of aromatic nitrogens is 4. The van der Waals surface area contributed by atoms with Crippen molar-refractivity contribution in [3.05, 3.63) is 54.1 Å². The van der Waals surface area contributed by atoms with E-state index in [1.807, 2.05) is 36.4 Å². The van der Waals surface area contributed by atoms with E-state index in [4.69, 9.17) is 5.26 Å². The van der Waals surface area contributed by atoms with Gasteiger partial charge in [0.05, 0.1) is 22.7 Å². The van der Waals surface area contributed by atoms with Crippen molar-refractivity contribution in [2.45, 2.75) is 0 Å². The first kappa shape index (κ1) is 11.5. The number of anilines is 2.